The molecule has 0 aliphatic heterocycles. The fourth-order valence-corrected chi connectivity index (χ4v) is 11.7. The predicted molar refractivity (Wildman–Crippen MR) is 261 cm³/mol. The number of hydrogen-bond donors (Lipinski definition) is 0. The summed E-state index contributed by atoms with van der Waals surface area (Å²) < 4.78 is 5.31. The van der Waals surface area contributed by atoms with Crippen molar-refractivity contribution in [1.82, 2.24) is 4.57 Å². The largest absolute Gasteiger partial charge is 0.0602 e. The Labute approximate surface area is 360 Å². The van der Waals surface area contributed by atoms with Crippen LogP contribution in [0, 0.1) is 0 Å². The molecule has 2 nitrogen and oxygen atoms in total. The molecule has 2 heterocycles. The molecule has 0 saturated carbocycles. The second kappa shape index (κ2) is 14.7. The topological polar surface area (TPSA) is 8.17 Å². The van der Waals surface area contributed by atoms with Gasteiger partial charge in [-0.3, -0.25) is 0 Å². The standard InChI is InChI=1S/C58H38N2Se/c1-2-15-44(16-3-1)60-55-23-10-7-19-50(55)53-37-42(30-36-56(53)60)39-25-31-45(32-26-39)59(54-22-9-6-18-49(54)48-21-12-14-41-13-4-5-17-47(41)48)46-33-27-40(28-34-46)43-29-35-52-51-20-8-11-24-57(51)61-58(52)38-43/h1-38H. The molecule has 0 radical (unpaired) electrons. The van der Waals surface area contributed by atoms with Gasteiger partial charge in [0.05, 0.1) is 11.0 Å². The predicted octanol–water partition coefficient (Wildman–Crippen LogP) is 15.8. The number of aromatic nitrogens is 1. The van der Waals surface area contributed by atoms with Crippen molar-refractivity contribution in [2.75, 3.05) is 4.90 Å². The molecule has 0 spiro atoms. The van der Waals surface area contributed by atoms with E-state index >= 15 is 0 Å². The minimum Gasteiger partial charge on any atom is -0.0602 e. The first-order valence-corrected chi connectivity index (χ1v) is 22.5. The van der Waals surface area contributed by atoms with Gasteiger partial charge in [0.2, 0.25) is 0 Å². The molecule has 0 aliphatic rings. The first kappa shape index (κ1) is 35.5. The average Bonchev–Trinajstić information content (AvgIpc) is 3.87. The first-order chi connectivity index (χ1) is 30.2. The minimum atomic E-state index is 0.322. The van der Waals surface area contributed by atoms with Crippen LogP contribution < -0.4 is 4.90 Å². The summed E-state index contributed by atoms with van der Waals surface area (Å²) >= 11 is 0.322. The molecule has 0 fully saturated rings. The van der Waals surface area contributed by atoms with Crippen LogP contribution in [0.3, 0.4) is 0 Å². The first-order valence-electron chi connectivity index (χ1n) is 20.8. The average molecular weight is 842 g/mol. The van der Waals surface area contributed by atoms with E-state index in [1.165, 1.54) is 90.9 Å². The number of benzene rings is 10. The maximum Gasteiger partial charge on any atom is 0.0541 e. The smallest absolute Gasteiger partial charge is 0.0541 e. The molecule has 2 aromatic heterocycles. The summed E-state index contributed by atoms with van der Waals surface area (Å²) in [5, 5.41) is 7.76. The Morgan fingerprint density at radius 2 is 0.885 bits per heavy atom. The van der Waals surface area contributed by atoms with Crippen LogP contribution in [0.5, 0.6) is 0 Å². The van der Waals surface area contributed by atoms with E-state index in [0.29, 0.717) is 14.5 Å². The van der Waals surface area contributed by atoms with Gasteiger partial charge in [-0.1, -0.05) is 78.9 Å². The fourth-order valence-electron chi connectivity index (χ4n) is 9.30. The Morgan fingerprint density at radius 3 is 1.69 bits per heavy atom. The van der Waals surface area contributed by atoms with Gasteiger partial charge in [-0.25, -0.2) is 0 Å². The van der Waals surface area contributed by atoms with Crippen molar-refractivity contribution >= 4 is 83.4 Å². The van der Waals surface area contributed by atoms with E-state index < -0.39 is 0 Å². The maximum atomic E-state index is 2.42. The van der Waals surface area contributed by atoms with Gasteiger partial charge in [-0.2, -0.15) is 0 Å². The second-order valence-corrected chi connectivity index (χ2v) is 18.0. The number of rotatable bonds is 7. The van der Waals surface area contributed by atoms with Gasteiger partial charge < -0.3 is 4.57 Å². The van der Waals surface area contributed by atoms with Gasteiger partial charge in [0.25, 0.3) is 0 Å². The van der Waals surface area contributed by atoms with Crippen LogP contribution in [-0.2, 0) is 0 Å². The summed E-state index contributed by atoms with van der Waals surface area (Å²) in [5.41, 5.74) is 14.2. The maximum absolute atomic E-state index is 2.42. The van der Waals surface area contributed by atoms with Gasteiger partial charge >= 0.3 is 210 Å². The molecule has 3 heteroatoms. The Bertz CT molecular complexity index is 3570. The quantitative estimate of drug-likeness (QED) is 0.145. The van der Waals surface area contributed by atoms with Crippen molar-refractivity contribution in [3.63, 3.8) is 0 Å². The van der Waals surface area contributed by atoms with Crippen molar-refractivity contribution in [3.05, 3.63) is 231 Å². The third-order valence-corrected chi connectivity index (χ3v) is 14.6. The van der Waals surface area contributed by atoms with Crippen LogP contribution in [0.15, 0.2) is 231 Å². The molecule has 0 atom stereocenters. The molecule has 0 saturated heterocycles. The van der Waals surface area contributed by atoms with E-state index in [-0.39, 0.29) is 0 Å². The molecular formula is C58H38N2Se. The van der Waals surface area contributed by atoms with Crippen molar-refractivity contribution in [2.24, 2.45) is 0 Å². The molecule has 0 unspecified atom stereocenters. The van der Waals surface area contributed by atoms with E-state index in [2.05, 4.69) is 240 Å². The number of fused-ring (bicyclic) bond motifs is 7. The van der Waals surface area contributed by atoms with Crippen LogP contribution in [0.25, 0.3) is 90.9 Å². The molecule has 0 N–H and O–H groups in total. The third kappa shape index (κ3) is 6.09. The molecule has 12 rings (SSSR count). The summed E-state index contributed by atoms with van der Waals surface area (Å²) in [6, 6.07) is 84.6. The van der Waals surface area contributed by atoms with Crippen molar-refractivity contribution in [3.8, 4) is 39.1 Å². The van der Waals surface area contributed by atoms with Crippen LogP contribution in [-0.4, -0.2) is 19.1 Å². The minimum absolute atomic E-state index is 0.322. The Morgan fingerprint density at radius 1 is 0.328 bits per heavy atom. The molecule has 0 aliphatic carbocycles. The van der Waals surface area contributed by atoms with Crippen LogP contribution in [0.2, 0.25) is 0 Å². The molecule has 286 valence electrons. The van der Waals surface area contributed by atoms with Crippen molar-refractivity contribution < 1.29 is 0 Å². The molecule has 61 heavy (non-hydrogen) atoms. The van der Waals surface area contributed by atoms with Gasteiger partial charge in [-0.15, -0.1) is 0 Å². The van der Waals surface area contributed by atoms with E-state index in [1.54, 1.807) is 0 Å². The molecule has 10 aromatic carbocycles. The van der Waals surface area contributed by atoms with Crippen LogP contribution in [0.4, 0.5) is 17.1 Å². The zero-order chi connectivity index (χ0) is 40.3. The normalized spacial score (nSPS) is 11.6. The third-order valence-electron chi connectivity index (χ3n) is 12.2. The van der Waals surface area contributed by atoms with Gasteiger partial charge in [-0.05, 0) is 41.3 Å². The van der Waals surface area contributed by atoms with Gasteiger partial charge in [0, 0.05) is 16.5 Å². The Kier molecular flexibility index (Phi) is 8.55. The van der Waals surface area contributed by atoms with Crippen molar-refractivity contribution in [2.45, 2.75) is 0 Å². The van der Waals surface area contributed by atoms with Gasteiger partial charge in [0.1, 0.15) is 0 Å². The fraction of sp³-hybridized carbons (Fsp3) is 0. The zero-order valence-electron chi connectivity index (χ0n) is 33.2. The van der Waals surface area contributed by atoms with E-state index in [0.717, 1.165) is 17.1 Å². The second-order valence-electron chi connectivity index (χ2n) is 15.7. The number of anilines is 3. The molecule has 0 bridgehead atoms. The molecule has 0 amide bonds. The SMILES string of the molecule is c1ccc(-n2c3ccccc3c3cc(-c4ccc(N(c5ccc(-c6ccc7c(c6)[se]c6ccccc67)cc5)c5ccccc5-c5cccc6ccccc56)cc4)ccc32)cc1. The summed E-state index contributed by atoms with van der Waals surface area (Å²) in [4.78, 5) is 2.42. The van der Waals surface area contributed by atoms with Crippen LogP contribution >= 0.6 is 0 Å². The molecular weight excluding hydrogens is 804 g/mol. The Balaban J connectivity index is 0.970. The molecule has 12 aromatic rings. The Hall–Kier alpha value is -7.42. The number of nitrogens with zero attached hydrogens (tertiary/aromatic N) is 2. The number of para-hydroxylation sites is 3. The summed E-state index contributed by atoms with van der Waals surface area (Å²) in [6.07, 6.45) is 0. The summed E-state index contributed by atoms with van der Waals surface area (Å²) in [7, 11) is 0. The van der Waals surface area contributed by atoms with E-state index in [4.69, 9.17) is 0 Å². The van der Waals surface area contributed by atoms with E-state index in [9.17, 15) is 0 Å². The summed E-state index contributed by atoms with van der Waals surface area (Å²) in [6.45, 7) is 0. The van der Waals surface area contributed by atoms with Gasteiger partial charge in [0.15, 0.2) is 0 Å². The number of hydrogen-bond acceptors (Lipinski definition) is 1. The van der Waals surface area contributed by atoms with Crippen LogP contribution in [0.1, 0.15) is 0 Å². The van der Waals surface area contributed by atoms with Crippen molar-refractivity contribution in [1.29, 1.82) is 0 Å². The zero-order valence-corrected chi connectivity index (χ0v) is 35.0. The van der Waals surface area contributed by atoms with E-state index in [1.807, 2.05) is 0 Å². The monoisotopic (exact) mass is 842 g/mol. The summed E-state index contributed by atoms with van der Waals surface area (Å²) in [5.74, 6) is 0.